The van der Waals surface area contributed by atoms with Gasteiger partial charge in [0.25, 0.3) is 0 Å². The van der Waals surface area contributed by atoms with Crippen molar-refractivity contribution >= 4 is 29.4 Å². The van der Waals surface area contributed by atoms with E-state index in [0.29, 0.717) is 52.4 Å². The van der Waals surface area contributed by atoms with Gasteiger partial charge in [0.05, 0.1) is 19.2 Å². The third kappa shape index (κ3) is 5.00. The normalized spacial score (nSPS) is 12.5. The summed E-state index contributed by atoms with van der Waals surface area (Å²) in [5, 5.41) is 0.303. The van der Waals surface area contributed by atoms with Crippen LogP contribution in [0.15, 0.2) is 36.4 Å². The van der Waals surface area contributed by atoms with E-state index < -0.39 is 12.6 Å². The third-order valence-electron chi connectivity index (χ3n) is 4.08. The molecular weight excluding hydrogens is 400 g/mol. The van der Waals surface area contributed by atoms with Gasteiger partial charge in [-0.3, -0.25) is 4.79 Å². The predicted molar refractivity (Wildman–Crippen MR) is 106 cm³/mol. The minimum atomic E-state index is -0.660. The quantitative estimate of drug-likeness (QED) is 0.386. The maximum Gasteiger partial charge on any atom is 0.331 e. The summed E-state index contributed by atoms with van der Waals surface area (Å²) >= 11 is 6.00. The molecular formula is C21H19ClO7. The van der Waals surface area contributed by atoms with Gasteiger partial charge in [-0.1, -0.05) is 11.6 Å². The number of carbonyl (C=O) groups is 2. The Balaban J connectivity index is 1.61. The number of esters is 1. The molecule has 2 aromatic rings. The molecule has 0 spiro atoms. The van der Waals surface area contributed by atoms with Gasteiger partial charge >= 0.3 is 5.97 Å². The number of fused-ring (bicyclic) bond motifs is 1. The van der Waals surface area contributed by atoms with Gasteiger partial charge in [0, 0.05) is 11.6 Å². The van der Waals surface area contributed by atoms with Crippen LogP contribution >= 0.6 is 11.6 Å². The minimum Gasteiger partial charge on any atom is -0.495 e. The van der Waals surface area contributed by atoms with Crippen molar-refractivity contribution in [2.45, 2.75) is 0 Å². The Morgan fingerprint density at radius 2 is 1.83 bits per heavy atom. The van der Waals surface area contributed by atoms with Crippen LogP contribution in [0.5, 0.6) is 23.0 Å². The van der Waals surface area contributed by atoms with Crippen molar-refractivity contribution in [3.05, 3.63) is 52.6 Å². The Hall–Kier alpha value is -3.19. The summed E-state index contributed by atoms with van der Waals surface area (Å²) in [4.78, 5) is 24.1. The number of ketones is 1. The standard InChI is InChI=1S/C21H19ClO7/c1-25-17-5-4-14(11-15(17)22)16(23)12-29-20(24)6-3-13-9-18(26-2)21-19(10-13)27-7-8-28-21/h3-6,9-11H,7-8,12H2,1-2H3/b6-3+. The van der Waals surface area contributed by atoms with Crippen molar-refractivity contribution in [1.82, 2.24) is 0 Å². The molecule has 0 atom stereocenters. The van der Waals surface area contributed by atoms with Gasteiger partial charge in [-0.15, -0.1) is 0 Å². The Bertz CT molecular complexity index is 935. The number of rotatable bonds is 7. The first-order valence-corrected chi connectivity index (χ1v) is 9.09. The molecule has 1 aliphatic rings. The van der Waals surface area contributed by atoms with Gasteiger partial charge in [0.1, 0.15) is 19.0 Å². The lowest BCUT2D eigenvalue weighted by atomic mass is 10.1. The summed E-state index contributed by atoms with van der Waals surface area (Å²) < 4.78 is 26.4. The van der Waals surface area contributed by atoms with E-state index in [-0.39, 0.29) is 5.78 Å². The first-order valence-electron chi connectivity index (χ1n) is 8.71. The highest BCUT2D eigenvalue weighted by molar-refractivity contribution is 6.32. The van der Waals surface area contributed by atoms with Crippen molar-refractivity contribution in [3.8, 4) is 23.0 Å². The molecule has 0 radical (unpaired) electrons. The van der Waals surface area contributed by atoms with Crippen molar-refractivity contribution in [1.29, 1.82) is 0 Å². The lowest BCUT2D eigenvalue weighted by molar-refractivity contribution is -0.136. The van der Waals surface area contributed by atoms with Crippen molar-refractivity contribution in [2.24, 2.45) is 0 Å². The Kier molecular flexibility index (Phi) is 6.61. The molecule has 1 heterocycles. The maximum absolute atomic E-state index is 12.2. The molecule has 0 aliphatic carbocycles. The molecule has 0 saturated heterocycles. The molecule has 2 aromatic carbocycles. The topological polar surface area (TPSA) is 80.3 Å². The van der Waals surface area contributed by atoms with Crippen LogP contribution in [0.3, 0.4) is 0 Å². The largest absolute Gasteiger partial charge is 0.495 e. The van der Waals surface area contributed by atoms with Gasteiger partial charge in [0.15, 0.2) is 23.9 Å². The fraction of sp³-hybridized carbons (Fsp3) is 0.238. The fourth-order valence-electron chi connectivity index (χ4n) is 2.66. The van der Waals surface area contributed by atoms with Crippen LogP contribution in [0, 0.1) is 0 Å². The number of hydrogen-bond acceptors (Lipinski definition) is 7. The first-order chi connectivity index (χ1) is 14.0. The smallest absolute Gasteiger partial charge is 0.331 e. The maximum atomic E-state index is 12.2. The molecule has 29 heavy (non-hydrogen) atoms. The van der Waals surface area contributed by atoms with E-state index in [1.165, 1.54) is 32.4 Å². The summed E-state index contributed by atoms with van der Waals surface area (Å²) in [7, 11) is 3.00. The molecule has 0 saturated carbocycles. The number of benzene rings is 2. The Labute approximate surface area is 172 Å². The third-order valence-corrected chi connectivity index (χ3v) is 4.38. The second-order valence-corrected chi connectivity index (χ2v) is 6.37. The molecule has 3 rings (SSSR count). The highest BCUT2D eigenvalue weighted by atomic mass is 35.5. The molecule has 1 aliphatic heterocycles. The van der Waals surface area contributed by atoms with Crippen LogP contribution in [0.1, 0.15) is 15.9 Å². The molecule has 0 unspecified atom stereocenters. The van der Waals surface area contributed by atoms with Crippen LogP contribution in [0.25, 0.3) is 6.08 Å². The zero-order chi connectivity index (χ0) is 20.8. The number of hydrogen-bond donors (Lipinski definition) is 0. The number of ether oxygens (including phenoxy) is 5. The van der Waals surface area contributed by atoms with Crippen molar-refractivity contribution < 1.29 is 33.3 Å². The van der Waals surface area contributed by atoms with E-state index in [1.54, 1.807) is 24.3 Å². The van der Waals surface area contributed by atoms with Gasteiger partial charge in [-0.25, -0.2) is 4.79 Å². The van der Waals surface area contributed by atoms with Crippen molar-refractivity contribution in [2.75, 3.05) is 34.0 Å². The number of halogens is 1. The van der Waals surface area contributed by atoms with E-state index in [4.69, 9.17) is 35.3 Å². The summed E-state index contributed by atoms with van der Waals surface area (Å²) in [5.74, 6) is 0.987. The highest BCUT2D eigenvalue weighted by Gasteiger charge is 2.18. The first kappa shape index (κ1) is 20.5. The van der Waals surface area contributed by atoms with Crippen LogP contribution in [0.4, 0.5) is 0 Å². The number of methoxy groups -OCH3 is 2. The second-order valence-electron chi connectivity index (χ2n) is 5.96. The fourth-order valence-corrected chi connectivity index (χ4v) is 2.92. The van der Waals surface area contributed by atoms with Crippen LogP contribution in [-0.2, 0) is 9.53 Å². The number of Topliss-reactive ketones (excluding diaryl/α,β-unsaturated/α-hetero) is 1. The summed E-state index contributed by atoms with van der Waals surface area (Å²) in [5.41, 5.74) is 0.987. The molecule has 152 valence electrons. The zero-order valence-electron chi connectivity index (χ0n) is 15.9. The SMILES string of the molecule is COc1ccc(C(=O)COC(=O)/C=C/c2cc(OC)c3c(c2)OCCO3)cc1Cl. The molecule has 0 N–H and O–H groups in total. The molecule has 7 nitrogen and oxygen atoms in total. The molecule has 0 bridgehead atoms. The van der Waals surface area contributed by atoms with Gasteiger partial charge in [-0.05, 0) is 42.0 Å². The average molecular weight is 419 g/mol. The van der Waals surface area contributed by atoms with E-state index >= 15 is 0 Å². The molecule has 0 aromatic heterocycles. The van der Waals surface area contributed by atoms with Crippen LogP contribution in [-0.4, -0.2) is 45.8 Å². The van der Waals surface area contributed by atoms with Crippen LogP contribution < -0.4 is 18.9 Å². The van der Waals surface area contributed by atoms with Gasteiger partial charge in [-0.2, -0.15) is 0 Å². The minimum absolute atomic E-state index is 0.303. The van der Waals surface area contributed by atoms with E-state index in [1.807, 2.05) is 0 Å². The van der Waals surface area contributed by atoms with E-state index in [2.05, 4.69) is 0 Å². The second kappa shape index (κ2) is 9.34. The predicted octanol–water partition coefficient (Wildman–Crippen LogP) is 3.57. The van der Waals surface area contributed by atoms with Crippen LogP contribution in [0.2, 0.25) is 5.02 Å². The van der Waals surface area contributed by atoms with E-state index in [9.17, 15) is 9.59 Å². The van der Waals surface area contributed by atoms with E-state index in [0.717, 1.165) is 0 Å². The van der Waals surface area contributed by atoms with Crippen molar-refractivity contribution in [3.63, 3.8) is 0 Å². The molecule has 0 fully saturated rings. The summed E-state index contributed by atoms with van der Waals surface area (Å²) in [6, 6.07) is 8.03. The number of carbonyl (C=O) groups excluding carboxylic acids is 2. The lowest BCUT2D eigenvalue weighted by Crippen LogP contribution is -2.16. The Morgan fingerprint density at radius 3 is 2.55 bits per heavy atom. The zero-order valence-corrected chi connectivity index (χ0v) is 16.7. The molecule has 8 heteroatoms. The highest BCUT2D eigenvalue weighted by Crippen LogP contribution is 2.40. The Morgan fingerprint density at radius 1 is 1.07 bits per heavy atom. The van der Waals surface area contributed by atoms with Gasteiger partial charge in [0.2, 0.25) is 5.75 Å². The lowest BCUT2D eigenvalue weighted by Gasteiger charge is -2.20. The summed E-state index contributed by atoms with van der Waals surface area (Å²) in [6.07, 6.45) is 2.76. The van der Waals surface area contributed by atoms with Gasteiger partial charge < -0.3 is 23.7 Å². The monoisotopic (exact) mass is 418 g/mol. The molecule has 0 amide bonds. The summed E-state index contributed by atoms with van der Waals surface area (Å²) in [6.45, 7) is 0.470. The average Bonchev–Trinajstić information content (AvgIpc) is 2.75.